The quantitative estimate of drug-likeness (QED) is 0.846. The van der Waals surface area contributed by atoms with Crippen LogP contribution in [-0.2, 0) is 4.74 Å². The Kier molecular flexibility index (Phi) is 4.26. The Labute approximate surface area is 99.0 Å². The lowest BCUT2D eigenvalue weighted by Crippen LogP contribution is -2.36. The summed E-state index contributed by atoms with van der Waals surface area (Å²) in [6, 6.07) is -0.285. The Morgan fingerprint density at radius 3 is 2.88 bits per heavy atom. The summed E-state index contributed by atoms with van der Waals surface area (Å²) in [5.41, 5.74) is 5.34. The predicted molar refractivity (Wildman–Crippen MR) is 63.3 cm³/mol. The largest absolute Gasteiger partial charge is 0.444 e. The summed E-state index contributed by atoms with van der Waals surface area (Å²) >= 11 is 1.47. The highest BCUT2D eigenvalue weighted by Crippen LogP contribution is 2.12. The molecule has 0 fully saturated rings. The van der Waals surface area contributed by atoms with Crippen LogP contribution < -0.4 is 11.1 Å². The molecule has 90 valence electrons. The van der Waals surface area contributed by atoms with E-state index >= 15 is 0 Å². The van der Waals surface area contributed by atoms with Gasteiger partial charge in [-0.05, 0) is 20.8 Å². The first-order chi connectivity index (χ1) is 7.38. The second kappa shape index (κ2) is 5.27. The van der Waals surface area contributed by atoms with E-state index in [0.717, 1.165) is 5.01 Å². The van der Waals surface area contributed by atoms with Crippen molar-refractivity contribution in [3.05, 3.63) is 16.6 Å². The van der Waals surface area contributed by atoms with Crippen LogP contribution in [0.2, 0.25) is 0 Å². The van der Waals surface area contributed by atoms with Gasteiger partial charge in [0.15, 0.2) is 0 Å². The van der Waals surface area contributed by atoms with Gasteiger partial charge in [0.1, 0.15) is 10.6 Å². The van der Waals surface area contributed by atoms with Gasteiger partial charge in [-0.25, -0.2) is 9.78 Å². The van der Waals surface area contributed by atoms with Crippen LogP contribution in [0.5, 0.6) is 0 Å². The van der Waals surface area contributed by atoms with Gasteiger partial charge < -0.3 is 15.8 Å². The van der Waals surface area contributed by atoms with E-state index in [2.05, 4.69) is 10.3 Å². The number of nitrogens with zero attached hydrogens (tertiary/aromatic N) is 1. The average molecular weight is 243 g/mol. The summed E-state index contributed by atoms with van der Waals surface area (Å²) in [5.74, 6) is 0. The molecule has 5 nitrogen and oxygen atoms in total. The van der Waals surface area contributed by atoms with E-state index in [1.807, 2.05) is 26.2 Å². The van der Waals surface area contributed by atoms with Crippen molar-refractivity contribution >= 4 is 17.4 Å². The van der Waals surface area contributed by atoms with Crippen molar-refractivity contribution in [3.63, 3.8) is 0 Å². The minimum Gasteiger partial charge on any atom is -0.444 e. The monoisotopic (exact) mass is 243 g/mol. The molecule has 0 aromatic carbocycles. The number of rotatable bonds is 3. The van der Waals surface area contributed by atoms with Crippen molar-refractivity contribution in [1.82, 2.24) is 10.3 Å². The summed E-state index contributed by atoms with van der Waals surface area (Å²) in [6.45, 7) is 5.76. The summed E-state index contributed by atoms with van der Waals surface area (Å²) in [5, 5.41) is 5.26. The van der Waals surface area contributed by atoms with Crippen molar-refractivity contribution in [2.45, 2.75) is 32.4 Å². The average Bonchev–Trinajstić information content (AvgIpc) is 2.64. The molecule has 0 aliphatic heterocycles. The van der Waals surface area contributed by atoms with E-state index in [4.69, 9.17) is 10.5 Å². The number of hydrogen-bond donors (Lipinski definition) is 2. The standard InChI is InChI=1S/C10H17N3O2S/c1-10(2,3)15-9(14)13-6-7(11)8-12-4-5-16-8/h4-5,7H,6,11H2,1-3H3,(H,13,14). The van der Waals surface area contributed by atoms with E-state index in [1.54, 1.807) is 6.20 Å². The number of hydrogen-bond acceptors (Lipinski definition) is 5. The molecular weight excluding hydrogens is 226 g/mol. The Bertz CT molecular complexity index is 332. The van der Waals surface area contributed by atoms with E-state index in [1.165, 1.54) is 11.3 Å². The maximum Gasteiger partial charge on any atom is 0.407 e. The molecule has 1 atom stereocenters. The molecule has 1 aromatic rings. The molecule has 1 unspecified atom stereocenters. The first-order valence-corrected chi connectivity index (χ1v) is 5.88. The SMILES string of the molecule is CC(C)(C)OC(=O)NCC(N)c1nccs1. The van der Waals surface area contributed by atoms with Gasteiger partial charge in [0.25, 0.3) is 0 Å². The number of carbonyl (C=O) groups excluding carboxylic acids is 1. The summed E-state index contributed by atoms with van der Waals surface area (Å²) in [6.07, 6.45) is 1.23. The molecule has 0 aliphatic carbocycles. The fourth-order valence-electron chi connectivity index (χ4n) is 1.01. The lowest BCUT2D eigenvalue weighted by molar-refractivity contribution is 0.0524. The van der Waals surface area contributed by atoms with Gasteiger partial charge in [-0.2, -0.15) is 0 Å². The van der Waals surface area contributed by atoms with Crippen LogP contribution in [0.3, 0.4) is 0 Å². The third-order valence-corrected chi connectivity index (χ3v) is 2.54. The van der Waals surface area contributed by atoms with Crippen molar-refractivity contribution in [1.29, 1.82) is 0 Å². The van der Waals surface area contributed by atoms with E-state index in [0.29, 0.717) is 6.54 Å². The zero-order chi connectivity index (χ0) is 12.2. The Balaban J connectivity index is 2.32. The number of carbonyl (C=O) groups is 1. The highest BCUT2D eigenvalue weighted by atomic mass is 32.1. The number of thiazole rings is 1. The van der Waals surface area contributed by atoms with Crippen molar-refractivity contribution in [2.75, 3.05) is 6.54 Å². The van der Waals surface area contributed by atoms with E-state index in [9.17, 15) is 4.79 Å². The molecule has 6 heteroatoms. The lowest BCUT2D eigenvalue weighted by atomic mass is 10.2. The zero-order valence-corrected chi connectivity index (χ0v) is 10.5. The van der Waals surface area contributed by atoms with Crippen LogP contribution in [0.4, 0.5) is 4.79 Å². The van der Waals surface area contributed by atoms with Crippen LogP contribution in [0.15, 0.2) is 11.6 Å². The normalized spacial score (nSPS) is 13.2. The van der Waals surface area contributed by atoms with Gasteiger partial charge in [0, 0.05) is 18.1 Å². The topological polar surface area (TPSA) is 77.2 Å². The van der Waals surface area contributed by atoms with E-state index < -0.39 is 11.7 Å². The molecule has 3 N–H and O–H groups in total. The molecular formula is C10H17N3O2S. The van der Waals surface area contributed by atoms with Crippen LogP contribution >= 0.6 is 11.3 Å². The number of amides is 1. The van der Waals surface area contributed by atoms with Crippen LogP contribution in [0.25, 0.3) is 0 Å². The molecule has 1 rings (SSSR count). The van der Waals surface area contributed by atoms with Crippen LogP contribution in [0.1, 0.15) is 31.8 Å². The fourth-order valence-corrected chi connectivity index (χ4v) is 1.65. The Morgan fingerprint density at radius 1 is 1.69 bits per heavy atom. The molecule has 0 radical (unpaired) electrons. The van der Waals surface area contributed by atoms with Crippen molar-refractivity contribution < 1.29 is 9.53 Å². The van der Waals surface area contributed by atoms with Crippen molar-refractivity contribution in [2.24, 2.45) is 5.73 Å². The number of alkyl carbamates (subject to hydrolysis) is 1. The molecule has 1 heterocycles. The number of ether oxygens (including phenoxy) is 1. The fraction of sp³-hybridized carbons (Fsp3) is 0.600. The van der Waals surface area contributed by atoms with Gasteiger partial charge in [0.2, 0.25) is 0 Å². The van der Waals surface area contributed by atoms with Gasteiger partial charge in [-0.1, -0.05) is 0 Å². The molecule has 0 aliphatic rings. The maximum atomic E-state index is 11.3. The third-order valence-electron chi connectivity index (χ3n) is 1.63. The number of aromatic nitrogens is 1. The molecule has 1 aromatic heterocycles. The molecule has 16 heavy (non-hydrogen) atoms. The van der Waals surface area contributed by atoms with Crippen molar-refractivity contribution in [3.8, 4) is 0 Å². The first-order valence-electron chi connectivity index (χ1n) is 5.00. The predicted octanol–water partition coefficient (Wildman–Crippen LogP) is 1.67. The Hall–Kier alpha value is -1.14. The third kappa shape index (κ3) is 4.59. The number of nitrogens with two attached hydrogens (primary N) is 1. The van der Waals surface area contributed by atoms with Crippen LogP contribution in [-0.4, -0.2) is 23.2 Å². The molecule has 0 saturated carbocycles. The molecule has 0 saturated heterocycles. The van der Waals surface area contributed by atoms with Crippen LogP contribution in [0, 0.1) is 0 Å². The lowest BCUT2D eigenvalue weighted by Gasteiger charge is -2.20. The molecule has 1 amide bonds. The second-order valence-corrected chi connectivity index (χ2v) is 5.29. The summed E-state index contributed by atoms with van der Waals surface area (Å²) in [7, 11) is 0. The van der Waals surface area contributed by atoms with Gasteiger partial charge in [0.05, 0.1) is 6.04 Å². The second-order valence-electron chi connectivity index (χ2n) is 4.36. The number of nitrogens with one attached hydrogen (secondary N) is 1. The molecule has 0 spiro atoms. The molecule has 0 bridgehead atoms. The minimum absolute atomic E-state index is 0.285. The van der Waals surface area contributed by atoms with Gasteiger partial charge >= 0.3 is 6.09 Å². The summed E-state index contributed by atoms with van der Waals surface area (Å²) < 4.78 is 5.08. The highest BCUT2D eigenvalue weighted by Gasteiger charge is 2.17. The maximum absolute atomic E-state index is 11.3. The Morgan fingerprint density at radius 2 is 2.38 bits per heavy atom. The van der Waals surface area contributed by atoms with E-state index in [-0.39, 0.29) is 6.04 Å². The zero-order valence-electron chi connectivity index (χ0n) is 9.69. The first kappa shape index (κ1) is 12.9. The highest BCUT2D eigenvalue weighted by molar-refractivity contribution is 7.09. The van der Waals surface area contributed by atoms with Gasteiger partial charge in [-0.3, -0.25) is 0 Å². The summed E-state index contributed by atoms with van der Waals surface area (Å²) in [4.78, 5) is 15.4. The van der Waals surface area contributed by atoms with Gasteiger partial charge in [-0.15, -0.1) is 11.3 Å². The minimum atomic E-state index is -0.491. The smallest absolute Gasteiger partial charge is 0.407 e.